The highest BCUT2D eigenvalue weighted by molar-refractivity contribution is 6.62. The fourth-order valence-corrected chi connectivity index (χ4v) is 3.34. The fraction of sp³-hybridized carbons (Fsp3) is 0.421. The number of benzene rings is 1. The Morgan fingerprint density at radius 2 is 1.52 bits per heavy atom. The smallest absolute Gasteiger partial charge is 0.399 e. The topological polar surface area (TPSA) is 62.1 Å². The lowest BCUT2D eigenvalue weighted by molar-refractivity contribution is -0.136. The van der Waals surface area contributed by atoms with Gasteiger partial charge in [-0.2, -0.15) is 18.3 Å². The summed E-state index contributed by atoms with van der Waals surface area (Å²) in [5, 5.41) is 5.07. The standard InChI is InChI=1S/C15H18BF3N2O2.C4H2Cl2N2/c1-13(2)14(3,4)23-16(22-13)10-6-9-8-20-21(5)12(9)11(7-10)15(17,18)19;5-3-1-4(6)8-2-7-3/h6-8H,1-5H3;1-2H. The van der Waals surface area contributed by atoms with Crippen molar-refractivity contribution in [3.05, 3.63) is 46.6 Å². The van der Waals surface area contributed by atoms with Crippen molar-refractivity contribution in [2.75, 3.05) is 0 Å². The molecule has 6 nitrogen and oxygen atoms in total. The Labute approximate surface area is 187 Å². The van der Waals surface area contributed by atoms with Crippen molar-refractivity contribution in [2.24, 2.45) is 7.05 Å². The second-order valence-electron chi connectivity index (χ2n) is 8.02. The van der Waals surface area contributed by atoms with E-state index in [9.17, 15) is 13.2 Å². The van der Waals surface area contributed by atoms with Gasteiger partial charge in [0, 0.05) is 18.5 Å². The van der Waals surface area contributed by atoms with Crippen molar-refractivity contribution in [3.8, 4) is 0 Å². The highest BCUT2D eigenvalue weighted by atomic mass is 35.5. The number of rotatable bonds is 1. The zero-order chi connectivity index (χ0) is 23.2. The molecule has 3 heterocycles. The number of halogens is 5. The van der Waals surface area contributed by atoms with Crippen LogP contribution in [-0.4, -0.2) is 38.1 Å². The zero-order valence-corrected chi connectivity index (χ0v) is 19.0. The first-order valence-electron chi connectivity index (χ1n) is 9.23. The third-order valence-electron chi connectivity index (χ3n) is 5.29. The molecule has 0 bridgehead atoms. The Morgan fingerprint density at radius 3 is 1.97 bits per heavy atom. The quantitative estimate of drug-likeness (QED) is 0.378. The first-order valence-corrected chi connectivity index (χ1v) is 9.98. The molecule has 1 fully saturated rings. The maximum absolute atomic E-state index is 13.4. The highest BCUT2D eigenvalue weighted by Gasteiger charge is 2.52. The van der Waals surface area contributed by atoms with Gasteiger partial charge in [0.1, 0.15) is 16.6 Å². The number of nitrogens with zero attached hydrogens (tertiary/aromatic N) is 4. The van der Waals surface area contributed by atoms with Gasteiger partial charge in [0.05, 0.1) is 28.5 Å². The predicted octanol–water partition coefficient (Wildman–Crippen LogP) is 4.67. The Balaban J connectivity index is 0.000000287. The number of aromatic nitrogens is 4. The molecule has 31 heavy (non-hydrogen) atoms. The Kier molecular flexibility index (Phi) is 6.32. The lowest BCUT2D eigenvalue weighted by Crippen LogP contribution is -2.41. The van der Waals surface area contributed by atoms with E-state index in [4.69, 9.17) is 32.5 Å². The van der Waals surface area contributed by atoms with E-state index in [1.807, 2.05) is 27.7 Å². The molecule has 0 atom stereocenters. The molecule has 1 saturated heterocycles. The lowest BCUT2D eigenvalue weighted by Gasteiger charge is -2.32. The summed E-state index contributed by atoms with van der Waals surface area (Å²) in [7, 11) is 0.650. The van der Waals surface area contributed by atoms with Crippen LogP contribution in [0.2, 0.25) is 10.3 Å². The number of alkyl halides is 3. The van der Waals surface area contributed by atoms with E-state index < -0.39 is 30.1 Å². The van der Waals surface area contributed by atoms with Gasteiger partial charge in [-0.3, -0.25) is 4.68 Å². The highest BCUT2D eigenvalue weighted by Crippen LogP contribution is 2.38. The molecule has 3 aromatic rings. The normalized spacial score (nSPS) is 17.5. The number of hydrogen-bond acceptors (Lipinski definition) is 5. The molecule has 0 radical (unpaired) electrons. The number of fused-ring (bicyclic) bond motifs is 1. The van der Waals surface area contributed by atoms with Gasteiger partial charge < -0.3 is 9.31 Å². The van der Waals surface area contributed by atoms with Crippen LogP contribution < -0.4 is 5.46 Å². The first kappa shape index (κ1) is 23.8. The van der Waals surface area contributed by atoms with E-state index >= 15 is 0 Å². The van der Waals surface area contributed by atoms with E-state index in [1.54, 1.807) is 6.07 Å². The largest absolute Gasteiger partial charge is 0.494 e. The molecule has 1 aromatic carbocycles. The summed E-state index contributed by atoms with van der Waals surface area (Å²) >= 11 is 10.8. The number of hydrogen-bond donors (Lipinski definition) is 0. The zero-order valence-electron chi connectivity index (χ0n) is 17.5. The molecule has 4 rings (SSSR count). The molecule has 0 saturated carbocycles. The summed E-state index contributed by atoms with van der Waals surface area (Å²) in [6, 6.07) is 4.20. The van der Waals surface area contributed by atoms with Crippen LogP contribution in [0.5, 0.6) is 0 Å². The van der Waals surface area contributed by atoms with Crippen LogP contribution >= 0.6 is 23.2 Å². The van der Waals surface area contributed by atoms with Crippen molar-refractivity contribution in [1.29, 1.82) is 0 Å². The molecule has 12 heteroatoms. The molecule has 0 N–H and O–H groups in total. The van der Waals surface area contributed by atoms with Gasteiger partial charge in [0.25, 0.3) is 0 Å². The number of aryl methyl sites for hydroxylation is 1. The van der Waals surface area contributed by atoms with Crippen LogP contribution in [-0.2, 0) is 22.5 Å². The van der Waals surface area contributed by atoms with Gasteiger partial charge in [0.2, 0.25) is 0 Å². The minimum atomic E-state index is -4.48. The van der Waals surface area contributed by atoms with Gasteiger partial charge in [0.15, 0.2) is 0 Å². The van der Waals surface area contributed by atoms with Gasteiger partial charge in [-0.15, -0.1) is 0 Å². The molecule has 1 aliphatic rings. The minimum Gasteiger partial charge on any atom is -0.399 e. The summed E-state index contributed by atoms with van der Waals surface area (Å²) in [5.41, 5.74) is -1.56. The summed E-state index contributed by atoms with van der Waals surface area (Å²) in [5.74, 6) is 0. The van der Waals surface area contributed by atoms with Gasteiger partial charge in [-0.1, -0.05) is 29.3 Å². The maximum atomic E-state index is 13.4. The Morgan fingerprint density at radius 1 is 0.968 bits per heavy atom. The van der Waals surface area contributed by atoms with E-state index in [-0.39, 0.29) is 5.52 Å². The first-order chi connectivity index (χ1) is 14.2. The van der Waals surface area contributed by atoms with E-state index in [0.717, 1.165) is 6.07 Å². The summed E-state index contributed by atoms with van der Waals surface area (Å²) in [6.45, 7) is 7.45. The van der Waals surface area contributed by atoms with Crippen LogP contribution in [0.15, 0.2) is 30.7 Å². The molecule has 0 spiro atoms. The van der Waals surface area contributed by atoms with Crippen molar-refractivity contribution in [2.45, 2.75) is 45.1 Å². The van der Waals surface area contributed by atoms with Gasteiger partial charge in [-0.05, 0) is 39.2 Å². The molecule has 2 aromatic heterocycles. The van der Waals surface area contributed by atoms with Crippen molar-refractivity contribution >= 4 is 46.7 Å². The van der Waals surface area contributed by atoms with Crippen LogP contribution in [0.3, 0.4) is 0 Å². The van der Waals surface area contributed by atoms with Crippen LogP contribution in [0, 0.1) is 0 Å². The Bertz CT molecular complexity index is 1070. The van der Waals surface area contributed by atoms with Crippen molar-refractivity contribution in [1.82, 2.24) is 19.7 Å². The van der Waals surface area contributed by atoms with E-state index in [1.165, 1.54) is 30.3 Å². The molecular formula is C19H20BCl2F3N4O2. The van der Waals surface area contributed by atoms with Crippen molar-refractivity contribution in [3.63, 3.8) is 0 Å². The lowest BCUT2D eigenvalue weighted by atomic mass is 9.77. The third-order valence-corrected chi connectivity index (χ3v) is 5.70. The average molecular weight is 475 g/mol. The van der Waals surface area contributed by atoms with E-state index in [2.05, 4.69) is 15.1 Å². The average Bonchev–Trinajstić information content (AvgIpc) is 3.10. The SMILES string of the molecule is Clc1cc(Cl)ncn1.Cn1ncc2cc(B3OC(C)(C)C(C)(C)O3)cc(C(F)(F)F)c21. The van der Waals surface area contributed by atoms with Gasteiger partial charge >= 0.3 is 13.3 Å². The van der Waals surface area contributed by atoms with Crippen LogP contribution in [0.4, 0.5) is 13.2 Å². The monoisotopic (exact) mass is 474 g/mol. The second kappa shape index (κ2) is 8.24. The molecule has 0 unspecified atom stereocenters. The molecular weight excluding hydrogens is 455 g/mol. The van der Waals surface area contributed by atoms with Crippen LogP contribution in [0.25, 0.3) is 10.9 Å². The van der Waals surface area contributed by atoms with Crippen molar-refractivity contribution < 1.29 is 22.5 Å². The maximum Gasteiger partial charge on any atom is 0.494 e. The molecule has 0 aliphatic carbocycles. The summed E-state index contributed by atoms with van der Waals surface area (Å²) in [6.07, 6.45) is -1.75. The second-order valence-corrected chi connectivity index (χ2v) is 8.80. The molecule has 166 valence electrons. The van der Waals surface area contributed by atoms with Crippen LogP contribution in [0.1, 0.15) is 33.3 Å². The summed E-state index contributed by atoms with van der Waals surface area (Å²) < 4.78 is 53.2. The Hall–Kier alpha value is -1.88. The minimum absolute atomic E-state index is 0.0535. The molecule has 1 aliphatic heterocycles. The molecule has 0 amide bonds. The van der Waals surface area contributed by atoms with Gasteiger partial charge in [-0.25, -0.2) is 9.97 Å². The third kappa shape index (κ3) is 4.97. The fourth-order valence-electron chi connectivity index (χ4n) is 2.99. The predicted molar refractivity (Wildman–Crippen MR) is 113 cm³/mol. The summed E-state index contributed by atoms with van der Waals surface area (Å²) in [4.78, 5) is 7.22. The van der Waals surface area contributed by atoms with E-state index in [0.29, 0.717) is 21.2 Å².